The highest BCUT2D eigenvalue weighted by atomic mass is 19.4. The Morgan fingerprint density at radius 1 is 1.23 bits per heavy atom. The Kier molecular flexibility index (Phi) is 9.22. The Labute approximate surface area is 224 Å². The second-order valence-electron chi connectivity index (χ2n) is 9.10. The number of hydrogen-bond acceptors (Lipinski definition) is 8. The standard InChI is InChI=1S/C26H33F3N8O2/c1-15-5-6-17(10-23(15)37(32)14-21(31)20-12-33-35-16(20)2)25(38)34-22-11-19(26(27,28)29)9-18(24(22)39-4)13-36(3)8-7-30/h5-6,9-12,14H,7-8,13,30-32H2,1-4H3,(H,33,35)(H,34,38)/b21-14-. The number of alkyl halides is 3. The van der Waals surface area contributed by atoms with Gasteiger partial charge in [0.25, 0.3) is 5.91 Å². The number of H-pyrrole nitrogens is 1. The molecule has 210 valence electrons. The highest BCUT2D eigenvalue weighted by Gasteiger charge is 2.33. The first-order valence-corrected chi connectivity index (χ1v) is 12.0. The number of nitrogens with one attached hydrogen (secondary N) is 2. The number of likely N-dealkylation sites (N-methyl/N-ethyl adjacent to an activating group) is 1. The van der Waals surface area contributed by atoms with Crippen LogP contribution in [0.25, 0.3) is 5.70 Å². The largest absolute Gasteiger partial charge is 0.494 e. The van der Waals surface area contributed by atoms with E-state index in [4.69, 9.17) is 22.0 Å². The molecule has 0 atom stereocenters. The molecule has 0 radical (unpaired) electrons. The van der Waals surface area contributed by atoms with Crippen LogP contribution >= 0.6 is 0 Å². The SMILES string of the molecule is COc1c(CN(C)CCN)cc(C(F)(F)F)cc1NC(=O)c1ccc(C)c(N(N)/C=C(\N)c2cn[nH]c2C)c1. The van der Waals surface area contributed by atoms with Gasteiger partial charge in [0, 0.05) is 48.2 Å². The van der Waals surface area contributed by atoms with Crippen molar-refractivity contribution in [3.63, 3.8) is 0 Å². The summed E-state index contributed by atoms with van der Waals surface area (Å²) in [6.45, 7) is 4.53. The van der Waals surface area contributed by atoms with E-state index in [1.807, 2.05) is 6.92 Å². The second-order valence-corrected chi connectivity index (χ2v) is 9.10. The van der Waals surface area contributed by atoms with Crippen molar-refractivity contribution in [2.75, 3.05) is 37.6 Å². The molecule has 0 aliphatic rings. The van der Waals surface area contributed by atoms with Gasteiger partial charge in [-0.15, -0.1) is 0 Å². The highest BCUT2D eigenvalue weighted by Crippen LogP contribution is 2.38. The zero-order valence-electron chi connectivity index (χ0n) is 22.2. The maximum absolute atomic E-state index is 13.7. The zero-order valence-corrected chi connectivity index (χ0v) is 22.2. The third-order valence-corrected chi connectivity index (χ3v) is 6.07. The number of amides is 1. The molecule has 0 saturated carbocycles. The maximum Gasteiger partial charge on any atom is 0.416 e. The first-order valence-electron chi connectivity index (χ1n) is 12.0. The van der Waals surface area contributed by atoms with Crippen LogP contribution in [0.15, 0.2) is 42.7 Å². The number of halogens is 3. The molecule has 3 aromatic rings. The van der Waals surface area contributed by atoms with Crippen LogP contribution < -0.4 is 32.4 Å². The molecule has 1 amide bonds. The minimum absolute atomic E-state index is 0.111. The molecular weight excluding hydrogens is 513 g/mol. The molecule has 0 bridgehead atoms. The molecule has 0 saturated heterocycles. The Hall–Kier alpha value is -4.07. The van der Waals surface area contributed by atoms with Crippen LogP contribution in [0.2, 0.25) is 0 Å². The predicted octanol–water partition coefficient (Wildman–Crippen LogP) is 3.33. The van der Waals surface area contributed by atoms with Gasteiger partial charge in [0.2, 0.25) is 0 Å². The van der Waals surface area contributed by atoms with E-state index in [1.165, 1.54) is 24.4 Å². The minimum Gasteiger partial charge on any atom is -0.494 e. The minimum atomic E-state index is -4.64. The second kappa shape index (κ2) is 12.2. The molecule has 0 unspecified atom stereocenters. The molecule has 1 aromatic heterocycles. The summed E-state index contributed by atoms with van der Waals surface area (Å²) in [5.74, 6) is 5.71. The Morgan fingerprint density at radius 2 is 1.95 bits per heavy atom. The van der Waals surface area contributed by atoms with Crippen LogP contribution in [-0.2, 0) is 12.7 Å². The lowest BCUT2D eigenvalue weighted by molar-refractivity contribution is -0.137. The number of nitrogens with two attached hydrogens (primary N) is 3. The molecule has 13 heteroatoms. The summed E-state index contributed by atoms with van der Waals surface area (Å²) in [4.78, 5) is 15.0. The van der Waals surface area contributed by atoms with Crippen molar-refractivity contribution < 1.29 is 22.7 Å². The number of methoxy groups -OCH3 is 1. The van der Waals surface area contributed by atoms with Gasteiger partial charge in [0.05, 0.1) is 35.9 Å². The lowest BCUT2D eigenvalue weighted by Gasteiger charge is -2.22. The van der Waals surface area contributed by atoms with Gasteiger partial charge in [-0.3, -0.25) is 14.9 Å². The number of aromatic amines is 1. The predicted molar refractivity (Wildman–Crippen MR) is 145 cm³/mol. The zero-order chi connectivity index (χ0) is 28.9. The number of carbonyl (C=O) groups is 1. The normalized spacial score (nSPS) is 12.1. The fourth-order valence-corrected chi connectivity index (χ4v) is 4.05. The smallest absolute Gasteiger partial charge is 0.416 e. The molecular formula is C26H33F3N8O2. The van der Waals surface area contributed by atoms with Crippen LogP contribution in [-0.4, -0.2) is 48.3 Å². The van der Waals surface area contributed by atoms with Crippen molar-refractivity contribution in [2.24, 2.45) is 17.3 Å². The van der Waals surface area contributed by atoms with Crippen molar-refractivity contribution in [2.45, 2.75) is 26.6 Å². The topological polar surface area (TPSA) is 152 Å². The molecule has 2 aromatic carbocycles. The molecule has 0 spiro atoms. The average Bonchev–Trinajstić information content (AvgIpc) is 3.29. The molecule has 39 heavy (non-hydrogen) atoms. The van der Waals surface area contributed by atoms with Gasteiger partial charge in [-0.1, -0.05) is 6.07 Å². The molecule has 0 aliphatic heterocycles. The van der Waals surface area contributed by atoms with Crippen molar-refractivity contribution in [3.8, 4) is 5.75 Å². The molecule has 10 nitrogen and oxygen atoms in total. The number of benzene rings is 2. The fourth-order valence-electron chi connectivity index (χ4n) is 4.05. The number of hydrogen-bond donors (Lipinski definition) is 5. The molecule has 0 fully saturated rings. The van der Waals surface area contributed by atoms with Gasteiger partial charge in [-0.05, 0) is 50.7 Å². The first kappa shape index (κ1) is 29.5. The lowest BCUT2D eigenvalue weighted by atomic mass is 10.1. The Morgan fingerprint density at radius 3 is 2.54 bits per heavy atom. The summed E-state index contributed by atoms with van der Waals surface area (Å²) < 4.78 is 46.6. The van der Waals surface area contributed by atoms with E-state index >= 15 is 0 Å². The van der Waals surface area contributed by atoms with Gasteiger partial charge in [-0.2, -0.15) is 18.3 Å². The number of aryl methyl sites for hydroxylation is 2. The number of hydrazine groups is 1. The van der Waals surface area contributed by atoms with E-state index in [-0.39, 0.29) is 29.1 Å². The van der Waals surface area contributed by atoms with Gasteiger partial charge in [0.1, 0.15) is 5.75 Å². The monoisotopic (exact) mass is 546 g/mol. The number of anilines is 2. The van der Waals surface area contributed by atoms with Gasteiger partial charge >= 0.3 is 6.18 Å². The van der Waals surface area contributed by atoms with Gasteiger partial charge in [-0.25, -0.2) is 5.84 Å². The van der Waals surface area contributed by atoms with Crippen LogP contribution in [0, 0.1) is 13.8 Å². The number of aromatic nitrogens is 2. The molecule has 1 heterocycles. The van der Waals surface area contributed by atoms with Crippen LogP contribution in [0.1, 0.15) is 38.3 Å². The quantitative estimate of drug-likeness (QED) is 0.192. The summed E-state index contributed by atoms with van der Waals surface area (Å²) in [5.41, 5.74) is 14.1. The van der Waals surface area contributed by atoms with Crippen molar-refractivity contribution in [3.05, 3.63) is 76.2 Å². The number of rotatable bonds is 10. The highest BCUT2D eigenvalue weighted by molar-refractivity contribution is 6.06. The van der Waals surface area contributed by atoms with Crippen molar-refractivity contribution >= 4 is 23.0 Å². The van der Waals surface area contributed by atoms with Crippen molar-refractivity contribution in [1.82, 2.24) is 15.1 Å². The number of carbonyl (C=O) groups excluding carboxylic acids is 1. The van der Waals surface area contributed by atoms with E-state index in [0.717, 1.165) is 23.4 Å². The summed E-state index contributed by atoms with van der Waals surface area (Å²) in [5, 5.41) is 10.6. The average molecular weight is 547 g/mol. The van der Waals surface area contributed by atoms with E-state index < -0.39 is 17.6 Å². The van der Waals surface area contributed by atoms with Crippen LogP contribution in [0.3, 0.4) is 0 Å². The van der Waals surface area contributed by atoms with E-state index in [1.54, 1.807) is 37.2 Å². The first-order chi connectivity index (χ1) is 18.3. The third kappa shape index (κ3) is 7.07. The number of nitrogens with zero attached hydrogens (tertiary/aromatic N) is 3. The summed E-state index contributed by atoms with van der Waals surface area (Å²) in [6, 6.07) is 6.60. The number of ether oxygens (including phenoxy) is 1. The Balaban J connectivity index is 1.96. The summed E-state index contributed by atoms with van der Waals surface area (Å²) in [7, 11) is 3.06. The maximum atomic E-state index is 13.7. The fraction of sp³-hybridized carbons (Fsp3) is 0.308. The third-order valence-electron chi connectivity index (χ3n) is 6.07. The van der Waals surface area contributed by atoms with E-state index in [2.05, 4.69) is 15.5 Å². The van der Waals surface area contributed by atoms with Gasteiger partial charge < -0.3 is 26.4 Å². The Bertz CT molecular complexity index is 1350. The molecule has 8 N–H and O–H groups in total. The summed E-state index contributed by atoms with van der Waals surface area (Å²) >= 11 is 0. The van der Waals surface area contributed by atoms with Crippen LogP contribution in [0.4, 0.5) is 24.5 Å². The van der Waals surface area contributed by atoms with Crippen LogP contribution in [0.5, 0.6) is 5.75 Å². The lowest BCUT2D eigenvalue weighted by Crippen LogP contribution is -2.27. The van der Waals surface area contributed by atoms with Gasteiger partial charge in [0.15, 0.2) is 0 Å². The van der Waals surface area contributed by atoms with Crippen molar-refractivity contribution in [1.29, 1.82) is 0 Å². The molecule has 0 aliphatic carbocycles. The van der Waals surface area contributed by atoms with E-state index in [0.29, 0.717) is 30.0 Å². The molecule has 3 rings (SSSR count). The van der Waals surface area contributed by atoms with E-state index in [9.17, 15) is 18.0 Å². The summed E-state index contributed by atoms with van der Waals surface area (Å²) in [6.07, 6.45) is -1.58.